The molecule has 0 unspecified atom stereocenters. The number of nitrogens with zero attached hydrogens (tertiary/aromatic N) is 2. The molecular weight excluding hydrogens is 221 g/mol. The molecule has 0 radical (unpaired) electrons. The summed E-state index contributed by atoms with van der Waals surface area (Å²) in [4.78, 5) is 16.2. The molecule has 0 aliphatic heterocycles. The van der Waals surface area contributed by atoms with Gasteiger partial charge in [-0.05, 0) is 32.9 Å². The number of nitrogens with one attached hydrogen (secondary N) is 1. The largest absolute Gasteiger partial charge is 0.349 e. The van der Waals surface area contributed by atoms with E-state index in [4.69, 9.17) is 0 Å². The number of pyridine rings is 1. The van der Waals surface area contributed by atoms with Gasteiger partial charge in [0.05, 0.1) is 5.69 Å². The van der Waals surface area contributed by atoms with E-state index in [9.17, 15) is 9.18 Å². The molecule has 17 heavy (non-hydrogen) atoms. The molecule has 1 N–H and O–H groups in total. The van der Waals surface area contributed by atoms with Crippen molar-refractivity contribution in [2.24, 2.45) is 0 Å². The summed E-state index contributed by atoms with van der Waals surface area (Å²) in [5.74, 6) is -0.635. The number of amides is 1. The second-order valence-corrected chi connectivity index (χ2v) is 4.25. The van der Waals surface area contributed by atoms with Gasteiger partial charge in [0.15, 0.2) is 0 Å². The first kappa shape index (κ1) is 11.6. The lowest BCUT2D eigenvalue weighted by molar-refractivity contribution is 0.0936. The van der Waals surface area contributed by atoms with E-state index in [2.05, 4.69) is 10.3 Å². The fraction of sp³-hybridized carbons (Fsp3) is 0.333. The van der Waals surface area contributed by atoms with Gasteiger partial charge < -0.3 is 5.32 Å². The van der Waals surface area contributed by atoms with Gasteiger partial charge in [0.2, 0.25) is 0 Å². The number of hydrogen-bond acceptors (Lipinski definition) is 2. The van der Waals surface area contributed by atoms with Crippen LogP contribution in [0.2, 0.25) is 0 Å². The molecule has 0 atom stereocenters. The maximum atomic E-state index is 13.2. The molecule has 2 aromatic heterocycles. The number of imidazole rings is 1. The minimum Gasteiger partial charge on any atom is -0.349 e. The quantitative estimate of drug-likeness (QED) is 0.864. The molecule has 2 rings (SSSR count). The van der Waals surface area contributed by atoms with Crippen molar-refractivity contribution < 1.29 is 9.18 Å². The Morgan fingerprint density at radius 3 is 2.82 bits per heavy atom. The molecule has 90 valence electrons. The minimum absolute atomic E-state index is 0.0287. The highest BCUT2D eigenvalue weighted by Crippen LogP contribution is 2.13. The average Bonchev–Trinajstić information content (AvgIpc) is 2.52. The first-order valence-corrected chi connectivity index (χ1v) is 5.44. The van der Waals surface area contributed by atoms with Crippen molar-refractivity contribution in [3.05, 3.63) is 35.5 Å². The monoisotopic (exact) mass is 235 g/mol. The Labute approximate surface area is 98.5 Å². The maximum Gasteiger partial charge on any atom is 0.270 e. The zero-order chi connectivity index (χ0) is 12.6. The van der Waals surface area contributed by atoms with Crippen LogP contribution in [0.1, 0.15) is 30.0 Å². The number of carbonyl (C=O) groups excluding carboxylic acids is 1. The van der Waals surface area contributed by atoms with Crippen molar-refractivity contribution in [2.45, 2.75) is 26.8 Å². The summed E-state index contributed by atoms with van der Waals surface area (Å²) in [6, 6.07) is 2.90. The molecule has 0 aliphatic carbocycles. The number of aromatic nitrogens is 2. The maximum absolute atomic E-state index is 13.2. The van der Waals surface area contributed by atoms with Crippen LogP contribution in [-0.4, -0.2) is 21.3 Å². The van der Waals surface area contributed by atoms with E-state index in [1.54, 1.807) is 13.0 Å². The van der Waals surface area contributed by atoms with Crippen LogP contribution in [0.25, 0.3) is 5.65 Å². The van der Waals surface area contributed by atoms with Gasteiger partial charge in [0.1, 0.15) is 17.2 Å². The van der Waals surface area contributed by atoms with E-state index in [-0.39, 0.29) is 11.9 Å². The highest BCUT2D eigenvalue weighted by Gasteiger charge is 2.17. The number of fused-ring (bicyclic) bond motifs is 1. The van der Waals surface area contributed by atoms with E-state index in [1.165, 1.54) is 16.7 Å². The molecule has 0 spiro atoms. The van der Waals surface area contributed by atoms with Crippen LogP contribution >= 0.6 is 0 Å². The number of aryl methyl sites for hydroxylation is 1. The predicted octanol–water partition coefficient (Wildman–Crippen LogP) is 1.92. The van der Waals surface area contributed by atoms with Gasteiger partial charge in [-0.25, -0.2) is 9.37 Å². The lowest BCUT2D eigenvalue weighted by atomic mass is 10.3. The van der Waals surface area contributed by atoms with Gasteiger partial charge in [-0.2, -0.15) is 0 Å². The lowest BCUT2D eigenvalue weighted by Gasteiger charge is -2.08. The second kappa shape index (κ2) is 4.16. The van der Waals surface area contributed by atoms with E-state index >= 15 is 0 Å². The van der Waals surface area contributed by atoms with Crippen LogP contribution in [0.15, 0.2) is 18.3 Å². The number of halogens is 1. The van der Waals surface area contributed by atoms with Crippen molar-refractivity contribution >= 4 is 11.6 Å². The predicted molar refractivity (Wildman–Crippen MR) is 62.5 cm³/mol. The van der Waals surface area contributed by atoms with Crippen molar-refractivity contribution in [2.75, 3.05) is 0 Å². The fourth-order valence-electron chi connectivity index (χ4n) is 1.74. The van der Waals surface area contributed by atoms with Gasteiger partial charge in [0.25, 0.3) is 5.91 Å². The highest BCUT2D eigenvalue weighted by atomic mass is 19.1. The third-order valence-corrected chi connectivity index (χ3v) is 2.39. The zero-order valence-corrected chi connectivity index (χ0v) is 9.99. The molecule has 2 aromatic rings. The SMILES string of the molecule is Cc1nc2ccc(F)cn2c1C(=O)NC(C)C. The zero-order valence-electron chi connectivity index (χ0n) is 9.99. The summed E-state index contributed by atoms with van der Waals surface area (Å²) in [6.45, 7) is 5.48. The second-order valence-electron chi connectivity index (χ2n) is 4.25. The van der Waals surface area contributed by atoms with Crippen LogP contribution in [0, 0.1) is 12.7 Å². The van der Waals surface area contributed by atoms with Crippen LogP contribution < -0.4 is 5.32 Å². The molecule has 0 fully saturated rings. The van der Waals surface area contributed by atoms with Gasteiger partial charge in [-0.1, -0.05) is 0 Å². The molecule has 1 amide bonds. The number of hydrogen-bond donors (Lipinski definition) is 1. The summed E-state index contributed by atoms with van der Waals surface area (Å²) in [5.41, 5.74) is 1.54. The Hall–Kier alpha value is -1.91. The summed E-state index contributed by atoms with van der Waals surface area (Å²) in [7, 11) is 0. The Morgan fingerprint density at radius 2 is 2.18 bits per heavy atom. The Morgan fingerprint density at radius 1 is 1.47 bits per heavy atom. The lowest BCUT2D eigenvalue weighted by Crippen LogP contribution is -2.31. The molecule has 0 bridgehead atoms. The van der Waals surface area contributed by atoms with Crippen LogP contribution in [0.5, 0.6) is 0 Å². The minimum atomic E-state index is -0.395. The van der Waals surface area contributed by atoms with Gasteiger partial charge in [-0.15, -0.1) is 0 Å². The molecule has 2 heterocycles. The topological polar surface area (TPSA) is 46.4 Å². The van der Waals surface area contributed by atoms with Crippen molar-refractivity contribution in [1.82, 2.24) is 14.7 Å². The van der Waals surface area contributed by atoms with Gasteiger partial charge >= 0.3 is 0 Å². The fourth-order valence-corrected chi connectivity index (χ4v) is 1.74. The van der Waals surface area contributed by atoms with Crippen LogP contribution in [-0.2, 0) is 0 Å². The first-order valence-electron chi connectivity index (χ1n) is 5.44. The molecule has 4 nitrogen and oxygen atoms in total. The summed E-state index contributed by atoms with van der Waals surface area (Å²) >= 11 is 0. The number of rotatable bonds is 2. The normalized spacial score (nSPS) is 11.1. The first-order chi connectivity index (χ1) is 7.99. The average molecular weight is 235 g/mol. The smallest absolute Gasteiger partial charge is 0.270 e. The van der Waals surface area contributed by atoms with Crippen molar-refractivity contribution in [1.29, 1.82) is 0 Å². The van der Waals surface area contributed by atoms with E-state index in [0.29, 0.717) is 17.0 Å². The van der Waals surface area contributed by atoms with E-state index in [0.717, 1.165) is 0 Å². The number of carbonyl (C=O) groups is 1. The van der Waals surface area contributed by atoms with E-state index < -0.39 is 5.82 Å². The van der Waals surface area contributed by atoms with Crippen LogP contribution in [0.3, 0.4) is 0 Å². The third kappa shape index (κ3) is 2.13. The molecule has 0 aliphatic rings. The van der Waals surface area contributed by atoms with Crippen molar-refractivity contribution in [3.63, 3.8) is 0 Å². The standard InChI is InChI=1S/C12H14FN3O/c1-7(2)14-12(17)11-8(3)15-10-5-4-9(13)6-16(10)11/h4-7H,1-3H3,(H,14,17). The highest BCUT2D eigenvalue weighted by molar-refractivity contribution is 5.94. The Balaban J connectivity index is 2.55. The summed E-state index contributed by atoms with van der Waals surface area (Å²) in [6.07, 6.45) is 1.27. The molecule has 0 saturated heterocycles. The van der Waals surface area contributed by atoms with E-state index in [1.807, 2.05) is 13.8 Å². The van der Waals surface area contributed by atoms with Crippen molar-refractivity contribution in [3.8, 4) is 0 Å². The van der Waals surface area contributed by atoms with Crippen LogP contribution in [0.4, 0.5) is 4.39 Å². The summed E-state index contributed by atoms with van der Waals surface area (Å²) < 4.78 is 14.6. The molecule has 5 heteroatoms. The van der Waals surface area contributed by atoms with Gasteiger partial charge in [0, 0.05) is 12.2 Å². The molecule has 0 aromatic carbocycles. The Kier molecular flexibility index (Phi) is 2.83. The Bertz CT molecular complexity index is 574. The molecular formula is C12H14FN3O. The van der Waals surface area contributed by atoms with Gasteiger partial charge in [-0.3, -0.25) is 9.20 Å². The molecule has 0 saturated carbocycles. The third-order valence-electron chi connectivity index (χ3n) is 2.39. The summed E-state index contributed by atoms with van der Waals surface area (Å²) in [5, 5.41) is 2.78.